The number of halogens is 2. The molecule has 20 heavy (non-hydrogen) atoms. The third-order valence-corrected chi connectivity index (χ3v) is 3.39. The maximum absolute atomic E-state index is 13.4. The first-order valence-electron chi connectivity index (χ1n) is 6.56. The highest BCUT2D eigenvalue weighted by Gasteiger charge is 2.13. The van der Waals surface area contributed by atoms with Gasteiger partial charge in [0, 0.05) is 6.07 Å². The maximum atomic E-state index is 13.4. The van der Waals surface area contributed by atoms with E-state index < -0.39 is 11.6 Å². The van der Waals surface area contributed by atoms with Crippen LogP contribution in [0.4, 0.5) is 14.5 Å². The molecule has 0 aromatic heterocycles. The molecule has 0 atom stereocenters. The molecule has 4 nitrogen and oxygen atoms in total. The fourth-order valence-electron chi connectivity index (χ4n) is 2.02. The fourth-order valence-corrected chi connectivity index (χ4v) is 2.23. The molecule has 0 amide bonds. The Morgan fingerprint density at radius 3 is 2.80 bits per heavy atom. The van der Waals surface area contributed by atoms with Gasteiger partial charge in [0.2, 0.25) is 0 Å². The summed E-state index contributed by atoms with van der Waals surface area (Å²) in [5.41, 5.74) is 0.0428. The minimum atomic E-state index is -0.533. The normalized spacial score (nSPS) is 15.9. The van der Waals surface area contributed by atoms with E-state index in [0.29, 0.717) is 11.7 Å². The lowest BCUT2D eigenvalue weighted by Gasteiger charge is -2.24. The van der Waals surface area contributed by atoms with Gasteiger partial charge in [-0.1, -0.05) is 0 Å². The highest BCUT2D eigenvalue weighted by atomic mass is 32.1. The SMILES string of the molecule is Fc1ccc(F)c(NC(=S)NCC[NH+]2CCOCC2)c1. The van der Waals surface area contributed by atoms with Crippen molar-refractivity contribution in [1.82, 2.24) is 5.32 Å². The third-order valence-electron chi connectivity index (χ3n) is 3.14. The summed E-state index contributed by atoms with van der Waals surface area (Å²) in [5, 5.41) is 5.95. The zero-order valence-electron chi connectivity index (χ0n) is 11.0. The van der Waals surface area contributed by atoms with Crippen molar-refractivity contribution < 1.29 is 18.4 Å². The second-order valence-electron chi connectivity index (χ2n) is 4.62. The standard InChI is InChI=1S/C13H17F2N3OS/c14-10-1-2-11(15)12(9-10)17-13(20)16-3-4-18-5-7-19-8-6-18/h1-2,9H,3-8H2,(H2,16,17,20)/p+1. The summed E-state index contributed by atoms with van der Waals surface area (Å²) in [5.74, 6) is -1.04. The Balaban J connectivity index is 1.73. The van der Waals surface area contributed by atoms with Crippen LogP contribution in [0.25, 0.3) is 0 Å². The van der Waals surface area contributed by atoms with E-state index in [0.717, 1.165) is 51.0 Å². The van der Waals surface area contributed by atoms with Gasteiger partial charge in [0.15, 0.2) is 5.11 Å². The Morgan fingerprint density at radius 1 is 1.30 bits per heavy atom. The molecule has 1 fully saturated rings. The molecule has 0 radical (unpaired) electrons. The summed E-state index contributed by atoms with van der Waals surface area (Å²) >= 11 is 5.06. The molecule has 1 aromatic rings. The number of ether oxygens (including phenoxy) is 1. The monoisotopic (exact) mass is 302 g/mol. The molecule has 0 unspecified atom stereocenters. The smallest absolute Gasteiger partial charge is 0.171 e. The molecule has 0 aliphatic carbocycles. The predicted octanol–water partition coefficient (Wildman–Crippen LogP) is 0.166. The lowest BCUT2D eigenvalue weighted by molar-refractivity contribution is -0.906. The number of benzene rings is 1. The molecule has 7 heteroatoms. The Morgan fingerprint density at radius 2 is 2.05 bits per heavy atom. The lowest BCUT2D eigenvalue weighted by Crippen LogP contribution is -3.14. The van der Waals surface area contributed by atoms with Crippen LogP contribution in [0.15, 0.2) is 18.2 Å². The molecular weight excluding hydrogens is 284 g/mol. The van der Waals surface area contributed by atoms with Crippen molar-refractivity contribution in [2.45, 2.75) is 0 Å². The average molecular weight is 302 g/mol. The molecule has 3 N–H and O–H groups in total. The van der Waals surface area contributed by atoms with Crippen LogP contribution in [0.2, 0.25) is 0 Å². The third kappa shape index (κ3) is 4.66. The van der Waals surface area contributed by atoms with Gasteiger partial charge in [-0.25, -0.2) is 8.78 Å². The molecule has 0 saturated carbocycles. The van der Waals surface area contributed by atoms with Crippen molar-refractivity contribution in [3.05, 3.63) is 29.8 Å². The van der Waals surface area contributed by atoms with Crippen LogP contribution in [0.3, 0.4) is 0 Å². The van der Waals surface area contributed by atoms with E-state index in [1.807, 2.05) is 0 Å². The Bertz CT molecular complexity index is 467. The van der Waals surface area contributed by atoms with Gasteiger partial charge in [0.1, 0.15) is 24.7 Å². The number of morpholine rings is 1. The van der Waals surface area contributed by atoms with E-state index in [-0.39, 0.29) is 5.69 Å². The van der Waals surface area contributed by atoms with Crippen molar-refractivity contribution in [1.29, 1.82) is 0 Å². The number of rotatable bonds is 4. The molecule has 0 bridgehead atoms. The van der Waals surface area contributed by atoms with Crippen molar-refractivity contribution in [2.24, 2.45) is 0 Å². The average Bonchev–Trinajstić information content (AvgIpc) is 2.44. The minimum Gasteiger partial charge on any atom is -0.370 e. The largest absolute Gasteiger partial charge is 0.370 e. The first-order chi connectivity index (χ1) is 9.65. The number of quaternary nitrogens is 1. The van der Waals surface area contributed by atoms with Crippen LogP contribution in [-0.4, -0.2) is 44.5 Å². The predicted molar refractivity (Wildman–Crippen MR) is 77.0 cm³/mol. The van der Waals surface area contributed by atoms with Gasteiger partial charge in [-0.05, 0) is 24.4 Å². The molecule has 0 spiro atoms. The van der Waals surface area contributed by atoms with Gasteiger partial charge in [-0.15, -0.1) is 0 Å². The van der Waals surface area contributed by atoms with E-state index >= 15 is 0 Å². The number of hydrogen-bond acceptors (Lipinski definition) is 2. The molecule has 1 heterocycles. The maximum Gasteiger partial charge on any atom is 0.171 e. The van der Waals surface area contributed by atoms with Crippen molar-refractivity contribution in [2.75, 3.05) is 44.7 Å². The van der Waals surface area contributed by atoms with Gasteiger partial charge < -0.3 is 20.3 Å². The first-order valence-corrected chi connectivity index (χ1v) is 6.97. The lowest BCUT2D eigenvalue weighted by atomic mass is 10.3. The van der Waals surface area contributed by atoms with Crippen molar-refractivity contribution >= 4 is 23.0 Å². The van der Waals surface area contributed by atoms with E-state index in [1.54, 1.807) is 0 Å². The molecule has 1 aromatic carbocycles. The quantitative estimate of drug-likeness (QED) is 0.693. The number of nitrogens with one attached hydrogen (secondary N) is 3. The van der Waals surface area contributed by atoms with Crippen molar-refractivity contribution in [3.63, 3.8) is 0 Å². The highest BCUT2D eigenvalue weighted by Crippen LogP contribution is 2.14. The number of thiocarbonyl (C=S) groups is 1. The molecule has 110 valence electrons. The summed E-state index contributed by atoms with van der Waals surface area (Å²) in [6, 6.07) is 3.22. The summed E-state index contributed by atoms with van der Waals surface area (Å²) < 4.78 is 31.7. The Labute approximate surface area is 122 Å². The molecule has 2 rings (SSSR count). The summed E-state index contributed by atoms with van der Waals surface area (Å²) in [6.07, 6.45) is 0. The van der Waals surface area contributed by atoms with Crippen LogP contribution in [0, 0.1) is 11.6 Å². The van der Waals surface area contributed by atoms with Crippen LogP contribution in [-0.2, 0) is 4.74 Å². The van der Waals surface area contributed by atoms with Crippen molar-refractivity contribution in [3.8, 4) is 0 Å². The fraction of sp³-hybridized carbons (Fsp3) is 0.462. The summed E-state index contributed by atoms with van der Waals surface area (Å²) in [6.45, 7) is 5.13. The van der Waals surface area contributed by atoms with E-state index in [9.17, 15) is 8.78 Å². The van der Waals surface area contributed by atoms with Crippen LogP contribution >= 0.6 is 12.2 Å². The zero-order valence-corrected chi connectivity index (χ0v) is 11.9. The van der Waals surface area contributed by atoms with Crippen LogP contribution < -0.4 is 15.5 Å². The first kappa shape index (κ1) is 15.1. The van der Waals surface area contributed by atoms with Crippen LogP contribution in [0.1, 0.15) is 0 Å². The second-order valence-corrected chi connectivity index (χ2v) is 5.03. The second kappa shape index (κ2) is 7.47. The van der Waals surface area contributed by atoms with E-state index in [4.69, 9.17) is 17.0 Å². The topological polar surface area (TPSA) is 37.7 Å². The van der Waals surface area contributed by atoms with Gasteiger partial charge in [-0.2, -0.15) is 0 Å². The van der Waals surface area contributed by atoms with E-state index in [2.05, 4.69) is 10.6 Å². The Hall–Kier alpha value is -1.31. The molecule has 1 aliphatic heterocycles. The molecular formula is C13H18F2N3OS+. The summed E-state index contributed by atoms with van der Waals surface area (Å²) in [7, 11) is 0. The number of anilines is 1. The van der Waals surface area contributed by atoms with E-state index in [1.165, 1.54) is 4.90 Å². The van der Waals surface area contributed by atoms with Gasteiger partial charge >= 0.3 is 0 Å². The van der Waals surface area contributed by atoms with Gasteiger partial charge in [0.25, 0.3) is 0 Å². The minimum absolute atomic E-state index is 0.0428. The molecule has 1 aliphatic rings. The highest BCUT2D eigenvalue weighted by molar-refractivity contribution is 7.80. The van der Waals surface area contributed by atoms with Gasteiger partial charge in [0.05, 0.1) is 32.0 Å². The van der Waals surface area contributed by atoms with Gasteiger partial charge in [-0.3, -0.25) is 0 Å². The van der Waals surface area contributed by atoms with Crippen LogP contribution in [0.5, 0.6) is 0 Å². The Kier molecular flexibility index (Phi) is 5.63. The molecule has 1 saturated heterocycles. The zero-order chi connectivity index (χ0) is 14.4. The summed E-state index contributed by atoms with van der Waals surface area (Å²) in [4.78, 5) is 1.45. The number of hydrogen-bond donors (Lipinski definition) is 3.